The lowest BCUT2D eigenvalue weighted by Gasteiger charge is -2.11. The van der Waals surface area contributed by atoms with Gasteiger partial charge in [-0.05, 0) is 29.0 Å². The van der Waals surface area contributed by atoms with Gasteiger partial charge in [0.05, 0.1) is 5.56 Å². The Morgan fingerprint density at radius 1 is 1.00 bits per heavy atom. The second-order valence-electron chi connectivity index (χ2n) is 3.56. The molecule has 6 heteroatoms. The molecule has 96 valence electrons. The Morgan fingerprint density at radius 2 is 1.72 bits per heavy atom. The number of benzene rings is 2. The first kappa shape index (κ1) is 12.6. The van der Waals surface area contributed by atoms with E-state index in [4.69, 9.17) is 0 Å². The second kappa shape index (κ2) is 4.44. The Bertz CT molecular complexity index is 562. The summed E-state index contributed by atoms with van der Waals surface area (Å²) in [6.07, 6.45) is -4.48. The summed E-state index contributed by atoms with van der Waals surface area (Å²) >= 11 is 0. The lowest BCUT2D eigenvalue weighted by Crippen LogP contribution is -2.06. The molecule has 0 unspecified atom stereocenters. The van der Waals surface area contributed by atoms with E-state index >= 15 is 0 Å². The SMILES string of the molecule is FC(F)Oc1ccc2c(C(F)(F)F)cccc2c1. The maximum atomic E-state index is 12.7. The molecular formula is C12H7F5O. The molecule has 0 aliphatic heterocycles. The number of hydrogen-bond acceptors (Lipinski definition) is 1. The Balaban J connectivity index is 2.53. The molecule has 0 N–H and O–H groups in total. The normalized spacial score (nSPS) is 12.1. The van der Waals surface area contributed by atoms with Gasteiger partial charge in [-0.25, -0.2) is 0 Å². The van der Waals surface area contributed by atoms with Crippen LogP contribution < -0.4 is 4.74 Å². The van der Waals surface area contributed by atoms with Gasteiger partial charge >= 0.3 is 12.8 Å². The van der Waals surface area contributed by atoms with E-state index in [1.807, 2.05) is 0 Å². The highest BCUT2D eigenvalue weighted by atomic mass is 19.4. The molecule has 0 aliphatic carbocycles. The summed E-state index contributed by atoms with van der Waals surface area (Å²) in [6.45, 7) is -3.01. The van der Waals surface area contributed by atoms with Crippen LogP contribution in [0.2, 0.25) is 0 Å². The summed E-state index contributed by atoms with van der Waals surface area (Å²) < 4.78 is 66.1. The summed E-state index contributed by atoms with van der Waals surface area (Å²) in [6, 6.07) is 6.92. The van der Waals surface area contributed by atoms with Crippen molar-refractivity contribution in [3.63, 3.8) is 0 Å². The quantitative estimate of drug-likeness (QED) is 0.726. The minimum atomic E-state index is -4.48. The molecule has 0 aliphatic rings. The van der Waals surface area contributed by atoms with E-state index in [9.17, 15) is 22.0 Å². The number of fused-ring (bicyclic) bond motifs is 1. The minimum Gasteiger partial charge on any atom is -0.435 e. The third-order valence-electron chi connectivity index (χ3n) is 2.38. The van der Waals surface area contributed by atoms with Crippen molar-refractivity contribution in [3.8, 4) is 5.75 Å². The largest absolute Gasteiger partial charge is 0.435 e. The molecule has 0 radical (unpaired) electrons. The molecule has 0 amide bonds. The molecule has 0 spiro atoms. The average molecular weight is 262 g/mol. The molecule has 2 aromatic carbocycles. The smallest absolute Gasteiger partial charge is 0.417 e. The standard InChI is InChI=1S/C12H7F5O/c13-11(14)18-8-4-5-9-7(6-8)2-1-3-10(9)12(15,16)17/h1-6,11H. The zero-order valence-electron chi connectivity index (χ0n) is 8.84. The fourth-order valence-electron chi connectivity index (χ4n) is 1.69. The molecular weight excluding hydrogens is 255 g/mol. The van der Waals surface area contributed by atoms with Crippen LogP contribution in [0, 0.1) is 0 Å². The van der Waals surface area contributed by atoms with Crippen molar-refractivity contribution in [2.45, 2.75) is 12.8 Å². The summed E-state index contributed by atoms with van der Waals surface area (Å²) in [5.41, 5.74) is -0.802. The van der Waals surface area contributed by atoms with Crippen LogP contribution in [-0.4, -0.2) is 6.61 Å². The molecule has 0 saturated heterocycles. The number of hydrogen-bond donors (Lipinski definition) is 0. The average Bonchev–Trinajstić information content (AvgIpc) is 2.25. The Morgan fingerprint density at radius 3 is 2.33 bits per heavy atom. The molecule has 0 saturated carbocycles. The first-order valence-electron chi connectivity index (χ1n) is 4.93. The third kappa shape index (κ3) is 2.52. The molecule has 18 heavy (non-hydrogen) atoms. The predicted molar refractivity (Wildman–Crippen MR) is 55.6 cm³/mol. The molecule has 0 fully saturated rings. The van der Waals surface area contributed by atoms with Crippen LogP contribution in [0.15, 0.2) is 36.4 Å². The van der Waals surface area contributed by atoms with E-state index in [1.165, 1.54) is 12.1 Å². The second-order valence-corrected chi connectivity index (χ2v) is 3.56. The van der Waals surface area contributed by atoms with Gasteiger partial charge in [-0.2, -0.15) is 22.0 Å². The maximum Gasteiger partial charge on any atom is 0.417 e. The molecule has 0 atom stereocenters. The highest BCUT2D eigenvalue weighted by molar-refractivity contribution is 5.87. The fourth-order valence-corrected chi connectivity index (χ4v) is 1.69. The van der Waals surface area contributed by atoms with Crippen LogP contribution in [0.4, 0.5) is 22.0 Å². The lowest BCUT2D eigenvalue weighted by molar-refractivity contribution is -0.136. The zero-order chi connectivity index (χ0) is 13.3. The predicted octanol–water partition coefficient (Wildman–Crippen LogP) is 4.46. The van der Waals surface area contributed by atoms with E-state index in [0.29, 0.717) is 0 Å². The summed E-state index contributed by atoms with van der Waals surface area (Å²) in [7, 11) is 0. The van der Waals surface area contributed by atoms with Crippen molar-refractivity contribution in [2.24, 2.45) is 0 Å². The lowest BCUT2D eigenvalue weighted by atomic mass is 10.0. The van der Waals surface area contributed by atoms with Gasteiger partial charge in [-0.3, -0.25) is 0 Å². The van der Waals surface area contributed by atoms with Crippen LogP contribution in [-0.2, 0) is 6.18 Å². The van der Waals surface area contributed by atoms with E-state index in [2.05, 4.69) is 4.74 Å². The van der Waals surface area contributed by atoms with E-state index < -0.39 is 18.4 Å². The fraction of sp³-hybridized carbons (Fsp3) is 0.167. The number of ether oxygens (including phenoxy) is 1. The number of alkyl halides is 5. The van der Waals surface area contributed by atoms with Crippen molar-refractivity contribution in [2.75, 3.05) is 0 Å². The van der Waals surface area contributed by atoms with Crippen LogP contribution in [0.1, 0.15) is 5.56 Å². The first-order valence-corrected chi connectivity index (χ1v) is 4.93. The van der Waals surface area contributed by atoms with Gasteiger partial charge in [0.15, 0.2) is 0 Å². The van der Waals surface area contributed by atoms with Crippen molar-refractivity contribution >= 4 is 10.8 Å². The molecule has 0 heterocycles. The van der Waals surface area contributed by atoms with E-state index in [1.54, 1.807) is 0 Å². The van der Waals surface area contributed by atoms with Crippen LogP contribution in [0.3, 0.4) is 0 Å². The minimum absolute atomic E-state index is 0.0494. The molecule has 0 aromatic heterocycles. The number of halogens is 5. The Hall–Kier alpha value is -1.85. The van der Waals surface area contributed by atoms with Gasteiger partial charge in [0.1, 0.15) is 5.75 Å². The maximum absolute atomic E-state index is 12.7. The summed E-state index contributed by atoms with van der Waals surface area (Å²) in [4.78, 5) is 0. The van der Waals surface area contributed by atoms with Gasteiger partial charge in [-0.1, -0.05) is 18.2 Å². The van der Waals surface area contributed by atoms with Crippen LogP contribution in [0.5, 0.6) is 5.75 Å². The van der Waals surface area contributed by atoms with Crippen molar-refractivity contribution < 1.29 is 26.7 Å². The number of rotatable bonds is 2. The topological polar surface area (TPSA) is 9.23 Å². The molecule has 2 aromatic rings. The van der Waals surface area contributed by atoms with E-state index in [-0.39, 0.29) is 16.5 Å². The van der Waals surface area contributed by atoms with E-state index in [0.717, 1.165) is 24.3 Å². The van der Waals surface area contributed by atoms with Gasteiger partial charge in [0.2, 0.25) is 0 Å². The summed E-state index contributed by atoms with van der Waals surface area (Å²) in [5, 5.41) is 0.148. The third-order valence-corrected chi connectivity index (χ3v) is 2.38. The van der Waals surface area contributed by atoms with Gasteiger partial charge < -0.3 is 4.74 Å². The van der Waals surface area contributed by atoms with Gasteiger partial charge in [0, 0.05) is 0 Å². The monoisotopic (exact) mass is 262 g/mol. The molecule has 2 rings (SSSR count). The van der Waals surface area contributed by atoms with Crippen LogP contribution >= 0.6 is 0 Å². The van der Waals surface area contributed by atoms with Crippen molar-refractivity contribution in [3.05, 3.63) is 42.0 Å². The molecule has 0 bridgehead atoms. The highest BCUT2D eigenvalue weighted by Gasteiger charge is 2.32. The van der Waals surface area contributed by atoms with Crippen LogP contribution in [0.25, 0.3) is 10.8 Å². The summed E-state index contributed by atoms with van der Waals surface area (Å²) in [5.74, 6) is -0.170. The highest BCUT2D eigenvalue weighted by Crippen LogP contribution is 2.35. The van der Waals surface area contributed by atoms with Crippen molar-refractivity contribution in [1.29, 1.82) is 0 Å². The Labute approximate surface area is 98.8 Å². The first-order chi connectivity index (χ1) is 8.38. The van der Waals surface area contributed by atoms with Gasteiger partial charge in [-0.15, -0.1) is 0 Å². The Kier molecular flexibility index (Phi) is 3.11. The zero-order valence-corrected chi connectivity index (χ0v) is 8.84. The molecule has 1 nitrogen and oxygen atoms in total. The van der Waals surface area contributed by atoms with Gasteiger partial charge in [0.25, 0.3) is 0 Å². The van der Waals surface area contributed by atoms with Crippen molar-refractivity contribution in [1.82, 2.24) is 0 Å².